The van der Waals surface area contributed by atoms with Crippen molar-refractivity contribution >= 4 is 11.9 Å². The van der Waals surface area contributed by atoms with Crippen molar-refractivity contribution in [3.05, 3.63) is 0 Å². The van der Waals surface area contributed by atoms with Crippen LogP contribution in [0, 0.1) is 11.8 Å². The lowest BCUT2D eigenvalue weighted by molar-refractivity contribution is -0.142. The highest BCUT2D eigenvalue weighted by molar-refractivity contribution is 5.79. The van der Waals surface area contributed by atoms with Gasteiger partial charge in [-0.1, -0.05) is 0 Å². The van der Waals surface area contributed by atoms with Crippen LogP contribution in [-0.2, 0) is 9.59 Å². The van der Waals surface area contributed by atoms with Crippen LogP contribution in [0.4, 0.5) is 0 Å². The number of rotatable bonds is 3. The third kappa shape index (κ3) is 3.45. The molecule has 102 valence electrons. The highest BCUT2D eigenvalue weighted by Gasteiger charge is 2.28. The number of amides is 1. The Balaban J connectivity index is 1.73. The Morgan fingerprint density at radius 1 is 1.06 bits per heavy atom. The van der Waals surface area contributed by atoms with E-state index >= 15 is 0 Å². The molecule has 1 amide bonds. The minimum absolute atomic E-state index is 0.0935. The summed E-state index contributed by atoms with van der Waals surface area (Å²) in [4.78, 5) is 22.8. The van der Waals surface area contributed by atoms with Crippen molar-refractivity contribution in [2.45, 2.75) is 44.6 Å². The lowest BCUT2D eigenvalue weighted by Gasteiger charge is -2.29. The van der Waals surface area contributed by atoms with Gasteiger partial charge in [-0.25, -0.2) is 0 Å². The number of nitrogens with one attached hydrogen (secondary N) is 2. The number of hydrogen-bond donors (Lipinski definition) is 3. The second-order valence-electron chi connectivity index (χ2n) is 5.44. The first kappa shape index (κ1) is 13.3. The molecule has 5 nitrogen and oxygen atoms in total. The quantitative estimate of drug-likeness (QED) is 0.694. The average molecular weight is 254 g/mol. The second-order valence-corrected chi connectivity index (χ2v) is 5.44. The van der Waals surface area contributed by atoms with Crippen LogP contribution >= 0.6 is 0 Å². The van der Waals surface area contributed by atoms with Crippen LogP contribution in [0.1, 0.15) is 38.5 Å². The Kier molecular flexibility index (Phi) is 4.58. The third-order valence-electron chi connectivity index (χ3n) is 4.09. The van der Waals surface area contributed by atoms with E-state index in [4.69, 9.17) is 5.11 Å². The Bertz CT molecular complexity index is 305. The summed E-state index contributed by atoms with van der Waals surface area (Å²) in [5.74, 6) is -0.678. The highest BCUT2D eigenvalue weighted by atomic mass is 16.4. The SMILES string of the molecule is O=C(O)C1CCC(NC(=O)C2CCCNC2)CC1. The van der Waals surface area contributed by atoms with Crippen LogP contribution in [-0.4, -0.2) is 36.1 Å². The molecule has 0 spiro atoms. The zero-order chi connectivity index (χ0) is 13.0. The zero-order valence-electron chi connectivity index (χ0n) is 10.7. The van der Waals surface area contributed by atoms with E-state index in [1.165, 1.54) is 0 Å². The molecule has 1 aliphatic carbocycles. The van der Waals surface area contributed by atoms with E-state index in [1.54, 1.807) is 0 Å². The summed E-state index contributed by atoms with van der Waals surface area (Å²) in [6.07, 6.45) is 4.98. The highest BCUT2D eigenvalue weighted by Crippen LogP contribution is 2.24. The van der Waals surface area contributed by atoms with Gasteiger partial charge >= 0.3 is 5.97 Å². The molecule has 1 heterocycles. The summed E-state index contributed by atoms with van der Waals surface area (Å²) < 4.78 is 0. The van der Waals surface area contributed by atoms with Gasteiger partial charge in [0.15, 0.2) is 0 Å². The molecular weight excluding hydrogens is 232 g/mol. The molecule has 2 rings (SSSR count). The third-order valence-corrected chi connectivity index (χ3v) is 4.09. The Hall–Kier alpha value is -1.10. The number of piperidine rings is 1. The molecule has 1 unspecified atom stereocenters. The molecular formula is C13H22N2O3. The van der Waals surface area contributed by atoms with E-state index in [9.17, 15) is 9.59 Å². The van der Waals surface area contributed by atoms with E-state index < -0.39 is 5.97 Å². The molecule has 5 heteroatoms. The van der Waals surface area contributed by atoms with Crippen LogP contribution in [0.5, 0.6) is 0 Å². The van der Waals surface area contributed by atoms with Gasteiger partial charge in [0.05, 0.1) is 11.8 Å². The number of hydrogen-bond acceptors (Lipinski definition) is 3. The maximum Gasteiger partial charge on any atom is 0.306 e. The molecule has 1 aliphatic heterocycles. The minimum Gasteiger partial charge on any atom is -0.481 e. The number of carbonyl (C=O) groups excluding carboxylic acids is 1. The first-order valence-electron chi connectivity index (χ1n) is 6.90. The van der Waals surface area contributed by atoms with Gasteiger partial charge in [-0.05, 0) is 45.1 Å². The lowest BCUT2D eigenvalue weighted by atomic mass is 9.85. The molecule has 1 atom stereocenters. The summed E-state index contributed by atoms with van der Waals surface area (Å²) in [7, 11) is 0. The number of carboxylic acids is 1. The molecule has 1 saturated carbocycles. The Morgan fingerprint density at radius 3 is 2.33 bits per heavy atom. The predicted molar refractivity (Wildman–Crippen MR) is 67.1 cm³/mol. The van der Waals surface area contributed by atoms with Crippen LogP contribution in [0.25, 0.3) is 0 Å². The smallest absolute Gasteiger partial charge is 0.306 e. The molecule has 18 heavy (non-hydrogen) atoms. The molecule has 0 aromatic carbocycles. The summed E-state index contributed by atoms with van der Waals surface area (Å²) in [5.41, 5.74) is 0. The first-order valence-corrected chi connectivity index (χ1v) is 6.90. The first-order chi connectivity index (χ1) is 8.66. The van der Waals surface area contributed by atoms with Crippen molar-refractivity contribution in [1.82, 2.24) is 10.6 Å². The van der Waals surface area contributed by atoms with Gasteiger partial charge in [0.1, 0.15) is 0 Å². The van der Waals surface area contributed by atoms with Crippen molar-refractivity contribution < 1.29 is 14.7 Å². The monoisotopic (exact) mass is 254 g/mol. The van der Waals surface area contributed by atoms with Crippen molar-refractivity contribution in [1.29, 1.82) is 0 Å². The maximum atomic E-state index is 12.0. The Labute approximate surface area is 107 Å². The fourth-order valence-corrected chi connectivity index (χ4v) is 2.88. The van der Waals surface area contributed by atoms with Gasteiger partial charge < -0.3 is 15.7 Å². The van der Waals surface area contributed by atoms with Crippen LogP contribution < -0.4 is 10.6 Å². The molecule has 3 N–H and O–H groups in total. The molecule has 1 saturated heterocycles. The van der Waals surface area contributed by atoms with E-state index in [2.05, 4.69) is 10.6 Å². The van der Waals surface area contributed by atoms with Crippen LogP contribution in [0.2, 0.25) is 0 Å². The van der Waals surface area contributed by atoms with E-state index in [1.807, 2.05) is 0 Å². The molecule has 0 bridgehead atoms. The van der Waals surface area contributed by atoms with Crippen LogP contribution in [0.15, 0.2) is 0 Å². The van der Waals surface area contributed by atoms with Crippen molar-refractivity contribution in [3.8, 4) is 0 Å². The summed E-state index contributed by atoms with van der Waals surface area (Å²) in [6.45, 7) is 1.78. The van der Waals surface area contributed by atoms with Gasteiger partial charge in [-0.15, -0.1) is 0 Å². The van der Waals surface area contributed by atoms with Crippen molar-refractivity contribution in [2.75, 3.05) is 13.1 Å². The lowest BCUT2D eigenvalue weighted by Crippen LogP contribution is -2.45. The van der Waals surface area contributed by atoms with E-state index in [0.717, 1.165) is 38.8 Å². The predicted octanol–water partition coefficient (Wildman–Crippen LogP) is 0.746. The van der Waals surface area contributed by atoms with Crippen LogP contribution in [0.3, 0.4) is 0 Å². The number of carbonyl (C=O) groups is 2. The Morgan fingerprint density at radius 2 is 1.78 bits per heavy atom. The summed E-state index contributed by atoms with van der Waals surface area (Å²) in [5, 5.41) is 15.2. The molecule has 0 radical (unpaired) electrons. The molecule has 0 aromatic rings. The van der Waals surface area contributed by atoms with Gasteiger partial charge in [0.25, 0.3) is 0 Å². The number of carboxylic acid groups (broad SMARTS) is 1. The van der Waals surface area contributed by atoms with Gasteiger partial charge in [0, 0.05) is 12.6 Å². The standard InChI is InChI=1S/C13H22N2O3/c16-12(10-2-1-7-14-8-10)15-11-5-3-9(4-6-11)13(17)18/h9-11,14H,1-8H2,(H,15,16)(H,17,18). The summed E-state index contributed by atoms with van der Waals surface area (Å²) in [6, 6.07) is 0.176. The van der Waals surface area contributed by atoms with Gasteiger partial charge in [-0.2, -0.15) is 0 Å². The van der Waals surface area contributed by atoms with E-state index in [-0.39, 0.29) is 23.8 Å². The number of aliphatic carboxylic acids is 1. The maximum absolute atomic E-state index is 12.0. The summed E-state index contributed by atoms with van der Waals surface area (Å²) >= 11 is 0. The largest absolute Gasteiger partial charge is 0.481 e. The zero-order valence-corrected chi connectivity index (χ0v) is 10.7. The normalized spacial score (nSPS) is 32.8. The molecule has 2 fully saturated rings. The molecule has 0 aromatic heterocycles. The van der Waals surface area contributed by atoms with Crippen molar-refractivity contribution in [2.24, 2.45) is 11.8 Å². The van der Waals surface area contributed by atoms with Gasteiger partial charge in [0.2, 0.25) is 5.91 Å². The topological polar surface area (TPSA) is 78.4 Å². The fourth-order valence-electron chi connectivity index (χ4n) is 2.88. The van der Waals surface area contributed by atoms with Crippen molar-refractivity contribution in [3.63, 3.8) is 0 Å². The molecule has 2 aliphatic rings. The fraction of sp³-hybridized carbons (Fsp3) is 0.846. The van der Waals surface area contributed by atoms with E-state index in [0.29, 0.717) is 12.8 Å². The second kappa shape index (κ2) is 6.18. The average Bonchev–Trinajstić information content (AvgIpc) is 2.40. The minimum atomic E-state index is -0.698. The van der Waals surface area contributed by atoms with Gasteiger partial charge in [-0.3, -0.25) is 9.59 Å².